The van der Waals surface area contributed by atoms with Gasteiger partial charge in [0, 0.05) is 30.2 Å². The number of hydrogen-bond donors (Lipinski definition) is 1. The minimum Gasteiger partial charge on any atom is -0.481 e. The molecule has 1 aliphatic rings. The Labute approximate surface area is 149 Å². The summed E-state index contributed by atoms with van der Waals surface area (Å²) in [6.07, 6.45) is 0.244. The first-order valence-corrected chi connectivity index (χ1v) is 9.00. The van der Waals surface area contributed by atoms with E-state index in [2.05, 4.69) is 0 Å². The number of amides is 1. The summed E-state index contributed by atoms with van der Waals surface area (Å²) in [6.45, 7) is 0.596. The Morgan fingerprint density at radius 1 is 1.16 bits per heavy atom. The second-order valence-corrected chi connectivity index (χ2v) is 7.03. The molecule has 0 spiro atoms. The maximum atomic E-state index is 13.6. The van der Waals surface area contributed by atoms with Crippen molar-refractivity contribution in [3.8, 4) is 0 Å². The predicted octanol–water partition coefficient (Wildman–Crippen LogP) is 3.52. The molecular weight excluding hydrogens is 341 g/mol. The molecular formula is C19H18FNO3S. The molecule has 0 radical (unpaired) electrons. The Kier molecular flexibility index (Phi) is 5.38. The average Bonchev–Trinajstić information content (AvgIpc) is 2.62. The van der Waals surface area contributed by atoms with Gasteiger partial charge in [0.1, 0.15) is 5.82 Å². The second kappa shape index (κ2) is 7.70. The summed E-state index contributed by atoms with van der Waals surface area (Å²) in [7, 11) is 0. The molecule has 130 valence electrons. The lowest BCUT2D eigenvalue weighted by molar-refractivity contribution is -0.141. The van der Waals surface area contributed by atoms with Crippen LogP contribution in [-0.4, -0.2) is 34.2 Å². The summed E-state index contributed by atoms with van der Waals surface area (Å²) in [5.41, 5.74) is 1.65. The third-order valence-electron chi connectivity index (χ3n) is 4.26. The molecule has 0 saturated heterocycles. The summed E-state index contributed by atoms with van der Waals surface area (Å²) < 4.78 is 13.6. The van der Waals surface area contributed by atoms with Crippen molar-refractivity contribution in [2.24, 2.45) is 0 Å². The number of carbonyl (C=O) groups is 2. The van der Waals surface area contributed by atoms with Crippen molar-refractivity contribution < 1.29 is 19.1 Å². The zero-order chi connectivity index (χ0) is 17.8. The fourth-order valence-corrected chi connectivity index (χ4v) is 3.85. The van der Waals surface area contributed by atoms with Gasteiger partial charge in [-0.05, 0) is 23.3 Å². The van der Waals surface area contributed by atoms with E-state index in [4.69, 9.17) is 0 Å². The highest BCUT2D eigenvalue weighted by Crippen LogP contribution is 2.29. The van der Waals surface area contributed by atoms with Crippen LogP contribution in [0.5, 0.6) is 0 Å². The maximum absolute atomic E-state index is 13.6. The summed E-state index contributed by atoms with van der Waals surface area (Å²) >= 11 is 1.29. The largest absolute Gasteiger partial charge is 0.481 e. The van der Waals surface area contributed by atoms with Gasteiger partial charge in [0.2, 0.25) is 5.91 Å². The summed E-state index contributed by atoms with van der Waals surface area (Å²) in [5.74, 6) is -1.57. The maximum Gasteiger partial charge on any atom is 0.312 e. The number of thioether (sulfide) groups is 1. The van der Waals surface area contributed by atoms with Crippen molar-refractivity contribution in [2.45, 2.75) is 23.8 Å². The van der Waals surface area contributed by atoms with Crippen LogP contribution in [0, 0.1) is 5.82 Å². The number of fused-ring (bicyclic) bond motifs is 1. The van der Waals surface area contributed by atoms with Gasteiger partial charge in [0.15, 0.2) is 0 Å². The summed E-state index contributed by atoms with van der Waals surface area (Å²) in [6, 6.07) is 13.8. The summed E-state index contributed by atoms with van der Waals surface area (Å²) in [4.78, 5) is 26.1. The number of nitrogens with zero attached hydrogens (tertiary/aromatic N) is 1. The van der Waals surface area contributed by atoms with Crippen molar-refractivity contribution in [1.29, 1.82) is 0 Å². The Balaban J connectivity index is 1.63. The minimum absolute atomic E-state index is 0.107. The van der Waals surface area contributed by atoms with E-state index in [0.717, 1.165) is 11.1 Å². The van der Waals surface area contributed by atoms with Crippen molar-refractivity contribution in [3.05, 3.63) is 65.5 Å². The normalized spacial score (nSPS) is 16.4. The number of benzene rings is 2. The molecule has 25 heavy (non-hydrogen) atoms. The number of halogens is 1. The van der Waals surface area contributed by atoms with E-state index in [0.29, 0.717) is 17.2 Å². The van der Waals surface area contributed by atoms with Crippen LogP contribution in [0.2, 0.25) is 0 Å². The highest BCUT2D eigenvalue weighted by Gasteiger charge is 2.32. The van der Waals surface area contributed by atoms with Gasteiger partial charge in [-0.3, -0.25) is 9.59 Å². The first kappa shape index (κ1) is 17.5. The molecule has 0 saturated carbocycles. The van der Waals surface area contributed by atoms with Crippen molar-refractivity contribution in [3.63, 3.8) is 0 Å². The Morgan fingerprint density at radius 2 is 1.88 bits per heavy atom. The monoisotopic (exact) mass is 359 g/mol. The SMILES string of the molecule is O=C(O)C1CN(C(=O)CCSc2ccccc2F)Cc2ccccc21. The van der Waals surface area contributed by atoms with Crippen molar-refractivity contribution in [2.75, 3.05) is 12.3 Å². The lowest BCUT2D eigenvalue weighted by Crippen LogP contribution is -2.40. The number of carboxylic acid groups (broad SMARTS) is 1. The molecule has 1 atom stereocenters. The number of carboxylic acids is 1. The predicted molar refractivity (Wildman–Crippen MR) is 94.0 cm³/mol. The Hall–Kier alpha value is -2.34. The van der Waals surface area contributed by atoms with Gasteiger partial charge < -0.3 is 10.0 Å². The molecule has 4 nitrogen and oxygen atoms in total. The van der Waals surface area contributed by atoms with Gasteiger partial charge in [-0.1, -0.05) is 36.4 Å². The first-order valence-electron chi connectivity index (χ1n) is 8.02. The van der Waals surface area contributed by atoms with Crippen LogP contribution in [0.25, 0.3) is 0 Å². The van der Waals surface area contributed by atoms with Gasteiger partial charge >= 0.3 is 5.97 Å². The molecule has 0 aliphatic carbocycles. The topological polar surface area (TPSA) is 57.6 Å². The number of carbonyl (C=O) groups excluding carboxylic acids is 1. The van der Waals surface area contributed by atoms with Gasteiger partial charge in [-0.25, -0.2) is 4.39 Å². The van der Waals surface area contributed by atoms with E-state index < -0.39 is 11.9 Å². The Bertz CT molecular complexity index is 796. The molecule has 0 aromatic heterocycles. The average molecular weight is 359 g/mol. The van der Waals surface area contributed by atoms with Gasteiger partial charge in [0.25, 0.3) is 0 Å². The highest BCUT2D eigenvalue weighted by atomic mass is 32.2. The van der Waals surface area contributed by atoms with Crippen LogP contribution in [0.1, 0.15) is 23.5 Å². The quantitative estimate of drug-likeness (QED) is 0.830. The first-order chi connectivity index (χ1) is 12.1. The zero-order valence-corrected chi connectivity index (χ0v) is 14.3. The van der Waals surface area contributed by atoms with Crippen molar-refractivity contribution in [1.82, 2.24) is 4.90 Å². The van der Waals surface area contributed by atoms with Crippen LogP contribution in [-0.2, 0) is 16.1 Å². The van der Waals surface area contributed by atoms with Crippen LogP contribution >= 0.6 is 11.8 Å². The molecule has 2 aromatic carbocycles. The molecule has 0 bridgehead atoms. The van der Waals surface area contributed by atoms with Gasteiger partial charge in [0.05, 0.1) is 5.92 Å². The smallest absolute Gasteiger partial charge is 0.312 e. The third-order valence-corrected chi connectivity index (χ3v) is 5.31. The molecule has 1 heterocycles. The fraction of sp³-hybridized carbons (Fsp3) is 0.263. The molecule has 2 aromatic rings. The fourth-order valence-electron chi connectivity index (χ4n) is 2.98. The molecule has 1 unspecified atom stereocenters. The zero-order valence-electron chi connectivity index (χ0n) is 13.5. The molecule has 1 N–H and O–H groups in total. The van der Waals surface area contributed by atoms with Crippen LogP contribution in [0.4, 0.5) is 4.39 Å². The van der Waals surface area contributed by atoms with Gasteiger partial charge in [-0.2, -0.15) is 0 Å². The standard InChI is InChI=1S/C19H18FNO3S/c20-16-7-3-4-8-17(16)25-10-9-18(22)21-11-13-5-1-2-6-14(13)15(12-21)19(23)24/h1-8,15H,9-12H2,(H,23,24). The number of aliphatic carboxylic acids is 1. The minimum atomic E-state index is -0.925. The third kappa shape index (κ3) is 4.02. The van der Waals surface area contributed by atoms with E-state index in [-0.39, 0.29) is 24.7 Å². The molecule has 0 fully saturated rings. The van der Waals surface area contributed by atoms with Crippen LogP contribution < -0.4 is 0 Å². The van der Waals surface area contributed by atoms with E-state index in [1.165, 1.54) is 17.8 Å². The van der Waals surface area contributed by atoms with Crippen molar-refractivity contribution >= 4 is 23.6 Å². The van der Waals surface area contributed by atoms with Gasteiger partial charge in [-0.15, -0.1) is 11.8 Å². The number of rotatable bonds is 5. The molecule has 3 rings (SSSR count). The van der Waals surface area contributed by atoms with E-state index in [1.54, 1.807) is 23.1 Å². The van der Waals surface area contributed by atoms with E-state index >= 15 is 0 Å². The molecule has 6 heteroatoms. The van der Waals surface area contributed by atoms with E-state index in [9.17, 15) is 19.1 Å². The molecule has 1 aliphatic heterocycles. The highest BCUT2D eigenvalue weighted by molar-refractivity contribution is 7.99. The van der Waals surface area contributed by atoms with E-state index in [1.807, 2.05) is 24.3 Å². The second-order valence-electron chi connectivity index (χ2n) is 5.89. The lowest BCUT2D eigenvalue weighted by atomic mass is 9.89. The number of hydrogen-bond acceptors (Lipinski definition) is 3. The summed E-state index contributed by atoms with van der Waals surface area (Å²) in [5, 5.41) is 9.46. The Morgan fingerprint density at radius 3 is 2.64 bits per heavy atom. The lowest BCUT2D eigenvalue weighted by Gasteiger charge is -2.32. The van der Waals surface area contributed by atoms with Crippen LogP contribution in [0.3, 0.4) is 0 Å². The molecule has 1 amide bonds. The van der Waals surface area contributed by atoms with Crippen LogP contribution in [0.15, 0.2) is 53.4 Å².